The zero-order chi connectivity index (χ0) is 21.6. The number of aromatic amines is 1. The molecule has 1 fully saturated rings. The Balaban J connectivity index is 1.22. The minimum absolute atomic E-state index is 0.143. The number of benzene rings is 1. The molecule has 0 bridgehead atoms. The van der Waals surface area contributed by atoms with E-state index in [4.69, 9.17) is 11.0 Å². The number of hydrogen-bond donors (Lipinski definition) is 2. The first-order valence-corrected chi connectivity index (χ1v) is 10.7. The normalized spacial score (nSPS) is 14.6. The van der Waals surface area contributed by atoms with Gasteiger partial charge in [0.15, 0.2) is 0 Å². The average molecular weight is 418 g/mol. The third-order valence-electron chi connectivity index (χ3n) is 5.78. The summed E-state index contributed by atoms with van der Waals surface area (Å²) in [5, 5.41) is 10.3. The number of aromatic nitrogens is 3. The number of carbonyl (C=O) groups is 1. The molecule has 4 rings (SSSR count). The molecule has 8 nitrogen and oxygen atoms in total. The summed E-state index contributed by atoms with van der Waals surface area (Å²) in [4.78, 5) is 27.9. The van der Waals surface area contributed by atoms with E-state index in [0.717, 1.165) is 62.9 Å². The SMILES string of the molecule is N#Cc1ccc2[nH]cc(CCCCN3CCN(c4nccc(CC(N)=O)n4)CC3)c2c1. The van der Waals surface area contributed by atoms with Crippen molar-refractivity contribution in [3.8, 4) is 6.07 Å². The molecule has 0 aliphatic carbocycles. The van der Waals surface area contributed by atoms with E-state index in [1.807, 2.05) is 18.2 Å². The van der Waals surface area contributed by atoms with Gasteiger partial charge in [-0.05, 0) is 55.6 Å². The molecule has 31 heavy (non-hydrogen) atoms. The van der Waals surface area contributed by atoms with Gasteiger partial charge in [0.1, 0.15) is 0 Å². The van der Waals surface area contributed by atoms with Gasteiger partial charge in [-0.1, -0.05) is 0 Å². The summed E-state index contributed by atoms with van der Waals surface area (Å²) < 4.78 is 0. The highest BCUT2D eigenvalue weighted by molar-refractivity contribution is 5.84. The smallest absolute Gasteiger partial charge is 0.225 e. The van der Waals surface area contributed by atoms with E-state index in [0.29, 0.717) is 17.2 Å². The Bertz CT molecular complexity index is 1090. The molecule has 3 heterocycles. The van der Waals surface area contributed by atoms with E-state index in [9.17, 15) is 4.79 Å². The van der Waals surface area contributed by atoms with Crippen LogP contribution in [0.15, 0.2) is 36.7 Å². The molecule has 1 aromatic carbocycles. The second-order valence-electron chi connectivity index (χ2n) is 7.96. The molecule has 3 N–H and O–H groups in total. The predicted molar refractivity (Wildman–Crippen MR) is 120 cm³/mol. The number of nitrogens with two attached hydrogens (primary N) is 1. The number of unbranched alkanes of at least 4 members (excludes halogenated alkanes) is 1. The fourth-order valence-corrected chi connectivity index (χ4v) is 4.09. The molecule has 2 aromatic heterocycles. The van der Waals surface area contributed by atoms with Crippen LogP contribution in [0.4, 0.5) is 5.95 Å². The molecule has 0 radical (unpaired) electrons. The van der Waals surface area contributed by atoms with Crippen LogP contribution in [0.25, 0.3) is 10.9 Å². The fourth-order valence-electron chi connectivity index (χ4n) is 4.09. The Morgan fingerprint density at radius 1 is 1.19 bits per heavy atom. The zero-order valence-electron chi connectivity index (χ0n) is 17.5. The summed E-state index contributed by atoms with van der Waals surface area (Å²) in [5.74, 6) is 0.294. The van der Waals surface area contributed by atoms with Crippen LogP contribution in [0, 0.1) is 11.3 Å². The van der Waals surface area contributed by atoms with Crippen LogP contribution < -0.4 is 10.6 Å². The first-order chi connectivity index (χ1) is 15.1. The van der Waals surface area contributed by atoms with Gasteiger partial charge in [0, 0.05) is 49.5 Å². The Kier molecular flexibility index (Phi) is 6.43. The van der Waals surface area contributed by atoms with Gasteiger partial charge >= 0.3 is 0 Å². The van der Waals surface area contributed by atoms with Crippen LogP contribution >= 0.6 is 0 Å². The molecular formula is C23H27N7O. The van der Waals surface area contributed by atoms with Gasteiger partial charge in [0.05, 0.1) is 23.7 Å². The third-order valence-corrected chi connectivity index (χ3v) is 5.78. The zero-order valence-corrected chi connectivity index (χ0v) is 17.5. The molecule has 0 saturated carbocycles. The van der Waals surface area contributed by atoms with Gasteiger partial charge in [-0.15, -0.1) is 0 Å². The van der Waals surface area contributed by atoms with Crippen molar-refractivity contribution in [1.82, 2.24) is 19.9 Å². The quantitative estimate of drug-likeness (QED) is 0.542. The van der Waals surface area contributed by atoms with E-state index >= 15 is 0 Å². The maximum Gasteiger partial charge on any atom is 0.225 e. The third kappa shape index (κ3) is 5.19. The van der Waals surface area contributed by atoms with E-state index in [1.165, 1.54) is 5.56 Å². The molecule has 8 heteroatoms. The van der Waals surface area contributed by atoms with Gasteiger partial charge in [-0.3, -0.25) is 9.69 Å². The number of anilines is 1. The van der Waals surface area contributed by atoms with Crippen molar-refractivity contribution in [2.75, 3.05) is 37.6 Å². The number of nitrogens with zero attached hydrogens (tertiary/aromatic N) is 5. The van der Waals surface area contributed by atoms with E-state index in [2.05, 4.69) is 37.0 Å². The van der Waals surface area contributed by atoms with Crippen LogP contribution in [0.3, 0.4) is 0 Å². The second-order valence-corrected chi connectivity index (χ2v) is 7.96. The second kappa shape index (κ2) is 9.58. The van der Waals surface area contributed by atoms with Gasteiger partial charge in [0.25, 0.3) is 0 Å². The molecular weight excluding hydrogens is 390 g/mol. The minimum Gasteiger partial charge on any atom is -0.369 e. The topological polar surface area (TPSA) is 115 Å². The van der Waals surface area contributed by atoms with Crippen molar-refractivity contribution < 1.29 is 4.79 Å². The van der Waals surface area contributed by atoms with Gasteiger partial charge in [-0.2, -0.15) is 5.26 Å². The van der Waals surface area contributed by atoms with Crippen LogP contribution in [-0.2, 0) is 17.6 Å². The van der Waals surface area contributed by atoms with Crippen LogP contribution in [0.1, 0.15) is 29.7 Å². The van der Waals surface area contributed by atoms with Gasteiger partial charge < -0.3 is 15.6 Å². The molecule has 1 aliphatic rings. The Morgan fingerprint density at radius 3 is 2.81 bits per heavy atom. The number of aryl methyl sites for hydroxylation is 1. The van der Waals surface area contributed by atoms with E-state index < -0.39 is 0 Å². The lowest BCUT2D eigenvalue weighted by Crippen LogP contribution is -2.47. The minimum atomic E-state index is -0.382. The lowest BCUT2D eigenvalue weighted by Gasteiger charge is -2.34. The number of fused-ring (bicyclic) bond motifs is 1. The maximum atomic E-state index is 11.1. The molecule has 0 atom stereocenters. The monoisotopic (exact) mass is 417 g/mol. The van der Waals surface area contributed by atoms with Crippen molar-refractivity contribution in [3.63, 3.8) is 0 Å². The number of primary amides is 1. The standard InChI is InChI=1S/C23H27N7O/c24-15-17-4-5-21-20(13-17)18(16-27-21)3-1-2-8-29-9-11-30(12-10-29)23-26-7-6-19(28-23)14-22(25)31/h4-7,13,16,27H,1-3,8-12,14H2,(H2,25,31). The number of H-pyrrole nitrogens is 1. The fraction of sp³-hybridized carbons (Fsp3) is 0.391. The summed E-state index contributed by atoms with van der Waals surface area (Å²) in [6, 6.07) is 9.75. The Morgan fingerprint density at radius 2 is 2.03 bits per heavy atom. The number of nitrogens with one attached hydrogen (secondary N) is 1. The Labute approximate surface area is 181 Å². The summed E-state index contributed by atoms with van der Waals surface area (Å²) >= 11 is 0. The van der Waals surface area contributed by atoms with Crippen molar-refractivity contribution in [3.05, 3.63) is 53.5 Å². The average Bonchev–Trinajstić information content (AvgIpc) is 3.19. The molecule has 1 aliphatic heterocycles. The first-order valence-electron chi connectivity index (χ1n) is 10.7. The van der Waals surface area contributed by atoms with Crippen LogP contribution in [0.2, 0.25) is 0 Å². The van der Waals surface area contributed by atoms with Crippen molar-refractivity contribution in [2.45, 2.75) is 25.7 Å². The number of amides is 1. The molecule has 0 unspecified atom stereocenters. The predicted octanol–water partition coefficient (Wildman–Crippen LogP) is 2.00. The largest absolute Gasteiger partial charge is 0.369 e. The molecule has 1 saturated heterocycles. The van der Waals surface area contributed by atoms with Crippen molar-refractivity contribution >= 4 is 22.8 Å². The Hall–Kier alpha value is -3.44. The van der Waals surface area contributed by atoms with Crippen LogP contribution in [-0.4, -0.2) is 58.5 Å². The number of rotatable bonds is 8. The summed E-state index contributed by atoms with van der Waals surface area (Å²) in [7, 11) is 0. The first kappa shape index (κ1) is 20.8. The molecule has 3 aromatic rings. The summed E-state index contributed by atoms with van der Waals surface area (Å²) in [6.45, 7) is 4.77. The van der Waals surface area contributed by atoms with Crippen LogP contribution in [0.5, 0.6) is 0 Å². The highest BCUT2D eigenvalue weighted by atomic mass is 16.1. The number of nitriles is 1. The lowest BCUT2D eigenvalue weighted by atomic mass is 10.1. The van der Waals surface area contributed by atoms with Crippen molar-refractivity contribution in [2.24, 2.45) is 5.73 Å². The molecule has 0 spiro atoms. The lowest BCUT2D eigenvalue weighted by molar-refractivity contribution is -0.117. The van der Waals surface area contributed by atoms with Gasteiger partial charge in [0.2, 0.25) is 11.9 Å². The number of piperazine rings is 1. The van der Waals surface area contributed by atoms with E-state index in [-0.39, 0.29) is 12.3 Å². The van der Waals surface area contributed by atoms with Crippen molar-refractivity contribution in [1.29, 1.82) is 5.26 Å². The highest BCUT2D eigenvalue weighted by Crippen LogP contribution is 2.21. The summed E-state index contributed by atoms with van der Waals surface area (Å²) in [5.41, 5.74) is 9.01. The molecule has 160 valence electrons. The maximum absolute atomic E-state index is 11.1. The number of hydrogen-bond acceptors (Lipinski definition) is 6. The molecule has 1 amide bonds. The van der Waals surface area contributed by atoms with E-state index in [1.54, 1.807) is 12.3 Å². The number of carbonyl (C=O) groups excluding carboxylic acids is 1. The summed E-state index contributed by atoms with van der Waals surface area (Å²) in [6.07, 6.45) is 7.16. The van der Waals surface area contributed by atoms with Gasteiger partial charge in [-0.25, -0.2) is 9.97 Å². The highest BCUT2D eigenvalue weighted by Gasteiger charge is 2.19.